The molecule has 0 fully saturated rings. The molecule has 0 saturated heterocycles. The third-order valence-corrected chi connectivity index (χ3v) is 2.95. The molecule has 1 aromatic rings. The SMILES string of the molecule is CCSCC[n+]1cc[nH]c1CCOC. The standard InChI is InChI=1S/C10H18N2OS/c1-3-14-9-7-12-6-5-11-10(12)4-8-13-2/h5-6H,3-4,7-9H2,1-2H3/p+1. The molecule has 0 aliphatic carbocycles. The van der Waals surface area contributed by atoms with Crippen molar-refractivity contribution < 1.29 is 9.30 Å². The van der Waals surface area contributed by atoms with E-state index in [0.29, 0.717) is 0 Å². The van der Waals surface area contributed by atoms with Gasteiger partial charge in [-0.25, -0.2) is 9.55 Å². The van der Waals surface area contributed by atoms with Crippen molar-refractivity contribution in [3.05, 3.63) is 18.2 Å². The van der Waals surface area contributed by atoms with Crippen LogP contribution in [0.5, 0.6) is 0 Å². The number of hydrogen-bond acceptors (Lipinski definition) is 2. The predicted molar refractivity (Wildman–Crippen MR) is 59.6 cm³/mol. The first-order valence-electron chi connectivity index (χ1n) is 5.00. The lowest BCUT2D eigenvalue weighted by Crippen LogP contribution is -2.37. The van der Waals surface area contributed by atoms with Crippen molar-refractivity contribution in [2.45, 2.75) is 19.9 Å². The number of aromatic amines is 1. The van der Waals surface area contributed by atoms with Crippen molar-refractivity contribution in [2.75, 3.05) is 25.2 Å². The third kappa shape index (κ3) is 3.72. The molecule has 3 nitrogen and oxygen atoms in total. The number of nitrogens with one attached hydrogen (secondary N) is 1. The summed E-state index contributed by atoms with van der Waals surface area (Å²) in [6.07, 6.45) is 5.04. The quantitative estimate of drug-likeness (QED) is 0.548. The van der Waals surface area contributed by atoms with Gasteiger partial charge < -0.3 is 4.74 Å². The minimum absolute atomic E-state index is 0.779. The van der Waals surface area contributed by atoms with Gasteiger partial charge in [0.05, 0.1) is 19.6 Å². The van der Waals surface area contributed by atoms with Crippen LogP contribution in [0.15, 0.2) is 12.4 Å². The van der Waals surface area contributed by atoms with E-state index in [1.54, 1.807) is 7.11 Å². The molecule has 1 N–H and O–H groups in total. The fourth-order valence-corrected chi connectivity index (χ4v) is 1.94. The fraction of sp³-hybridized carbons (Fsp3) is 0.700. The van der Waals surface area contributed by atoms with Crippen molar-refractivity contribution in [3.8, 4) is 0 Å². The minimum Gasteiger partial charge on any atom is -0.384 e. The van der Waals surface area contributed by atoms with Gasteiger partial charge in [-0.3, -0.25) is 0 Å². The molecule has 4 heteroatoms. The second-order valence-corrected chi connectivity index (χ2v) is 4.43. The number of rotatable bonds is 7. The lowest BCUT2D eigenvalue weighted by molar-refractivity contribution is -0.698. The molecular formula is C10H19N2OS+. The number of nitrogens with zero attached hydrogens (tertiary/aromatic N) is 1. The average molecular weight is 215 g/mol. The molecule has 1 aromatic heterocycles. The summed E-state index contributed by atoms with van der Waals surface area (Å²) in [6.45, 7) is 4.06. The maximum absolute atomic E-state index is 5.06. The normalized spacial score (nSPS) is 10.7. The lowest BCUT2D eigenvalue weighted by Gasteiger charge is -1.99. The second kappa shape index (κ2) is 6.90. The summed E-state index contributed by atoms with van der Waals surface area (Å²) in [5.74, 6) is 3.63. The topological polar surface area (TPSA) is 28.9 Å². The zero-order chi connectivity index (χ0) is 10.2. The zero-order valence-electron chi connectivity index (χ0n) is 8.95. The van der Waals surface area contributed by atoms with E-state index in [1.807, 2.05) is 18.0 Å². The Morgan fingerprint density at radius 2 is 2.43 bits per heavy atom. The molecule has 0 unspecified atom stereocenters. The first kappa shape index (κ1) is 11.6. The van der Waals surface area contributed by atoms with Crippen LogP contribution >= 0.6 is 11.8 Å². The zero-order valence-corrected chi connectivity index (χ0v) is 9.77. The number of hydrogen-bond donors (Lipinski definition) is 1. The lowest BCUT2D eigenvalue weighted by atomic mass is 10.4. The van der Waals surface area contributed by atoms with E-state index < -0.39 is 0 Å². The van der Waals surface area contributed by atoms with E-state index in [1.165, 1.54) is 17.3 Å². The summed E-state index contributed by atoms with van der Waals surface area (Å²) in [5.41, 5.74) is 0. The number of H-pyrrole nitrogens is 1. The Bertz CT molecular complexity index is 250. The summed E-state index contributed by atoms with van der Waals surface area (Å²) >= 11 is 1.97. The fourth-order valence-electron chi connectivity index (χ4n) is 1.33. The van der Waals surface area contributed by atoms with Crippen LogP contribution in [0.1, 0.15) is 12.7 Å². The maximum atomic E-state index is 5.06. The number of methoxy groups -OCH3 is 1. The van der Waals surface area contributed by atoms with Gasteiger partial charge in [-0.05, 0) is 5.75 Å². The van der Waals surface area contributed by atoms with Crippen LogP contribution in [0.25, 0.3) is 0 Å². The summed E-state index contributed by atoms with van der Waals surface area (Å²) < 4.78 is 7.32. The Morgan fingerprint density at radius 3 is 3.14 bits per heavy atom. The van der Waals surface area contributed by atoms with Crippen LogP contribution in [0, 0.1) is 0 Å². The van der Waals surface area contributed by atoms with Crippen LogP contribution in [-0.2, 0) is 17.7 Å². The van der Waals surface area contributed by atoms with Gasteiger partial charge in [0.2, 0.25) is 0 Å². The van der Waals surface area contributed by atoms with Crippen LogP contribution in [0.4, 0.5) is 0 Å². The first-order chi connectivity index (χ1) is 6.88. The smallest absolute Gasteiger partial charge is 0.256 e. The molecule has 0 radical (unpaired) electrons. The highest BCUT2D eigenvalue weighted by atomic mass is 32.2. The van der Waals surface area contributed by atoms with Crippen LogP contribution in [0.3, 0.4) is 0 Å². The Kier molecular flexibility index (Phi) is 5.71. The maximum Gasteiger partial charge on any atom is 0.256 e. The molecule has 0 amide bonds. The van der Waals surface area contributed by atoms with E-state index in [-0.39, 0.29) is 0 Å². The number of aromatic nitrogens is 2. The summed E-state index contributed by atoms with van der Waals surface area (Å²) in [6, 6.07) is 0. The van der Waals surface area contributed by atoms with Crippen molar-refractivity contribution >= 4 is 11.8 Å². The van der Waals surface area contributed by atoms with Crippen molar-refractivity contribution in [1.29, 1.82) is 0 Å². The van der Waals surface area contributed by atoms with Gasteiger partial charge in [0.25, 0.3) is 5.82 Å². The van der Waals surface area contributed by atoms with Crippen LogP contribution in [-0.4, -0.2) is 30.2 Å². The highest BCUT2D eigenvalue weighted by Gasteiger charge is 2.08. The second-order valence-electron chi connectivity index (χ2n) is 3.04. The summed E-state index contributed by atoms with van der Waals surface area (Å²) in [5, 5.41) is 0. The molecule has 0 bridgehead atoms. The number of thioether (sulfide) groups is 1. The molecule has 0 saturated carbocycles. The average Bonchev–Trinajstić information content (AvgIpc) is 2.63. The van der Waals surface area contributed by atoms with Crippen LogP contribution < -0.4 is 4.57 Å². The molecule has 14 heavy (non-hydrogen) atoms. The van der Waals surface area contributed by atoms with E-state index in [2.05, 4.69) is 22.7 Å². The Morgan fingerprint density at radius 1 is 1.57 bits per heavy atom. The minimum atomic E-state index is 0.779. The van der Waals surface area contributed by atoms with Crippen molar-refractivity contribution in [2.24, 2.45) is 0 Å². The molecule has 0 aliphatic rings. The van der Waals surface area contributed by atoms with Crippen molar-refractivity contribution in [3.63, 3.8) is 0 Å². The highest BCUT2D eigenvalue weighted by Crippen LogP contribution is 1.97. The Hall–Kier alpha value is -0.480. The molecule has 1 heterocycles. The van der Waals surface area contributed by atoms with Gasteiger partial charge in [-0.1, -0.05) is 6.92 Å². The van der Waals surface area contributed by atoms with E-state index in [0.717, 1.165) is 19.6 Å². The molecule has 0 aromatic carbocycles. The van der Waals surface area contributed by atoms with E-state index in [4.69, 9.17) is 4.74 Å². The van der Waals surface area contributed by atoms with Gasteiger partial charge in [-0.2, -0.15) is 11.8 Å². The highest BCUT2D eigenvalue weighted by molar-refractivity contribution is 7.99. The Labute approximate surface area is 89.9 Å². The van der Waals surface area contributed by atoms with Gasteiger partial charge in [0.1, 0.15) is 12.4 Å². The van der Waals surface area contributed by atoms with E-state index >= 15 is 0 Å². The monoisotopic (exact) mass is 215 g/mol. The Balaban J connectivity index is 2.37. The molecule has 1 rings (SSSR count). The predicted octanol–water partition coefficient (Wildman–Crippen LogP) is 1.24. The number of imidazole rings is 1. The number of ether oxygens (including phenoxy) is 1. The summed E-state index contributed by atoms with van der Waals surface area (Å²) in [7, 11) is 1.74. The number of aryl methyl sites for hydroxylation is 1. The van der Waals surface area contributed by atoms with Crippen LogP contribution in [0.2, 0.25) is 0 Å². The van der Waals surface area contributed by atoms with Crippen molar-refractivity contribution in [1.82, 2.24) is 4.98 Å². The van der Waals surface area contributed by atoms with E-state index in [9.17, 15) is 0 Å². The molecule has 80 valence electrons. The largest absolute Gasteiger partial charge is 0.384 e. The molecule has 0 atom stereocenters. The third-order valence-electron chi connectivity index (χ3n) is 2.07. The summed E-state index contributed by atoms with van der Waals surface area (Å²) in [4.78, 5) is 3.24. The molecule has 0 aliphatic heterocycles. The first-order valence-corrected chi connectivity index (χ1v) is 6.16. The van der Waals surface area contributed by atoms with Gasteiger partial charge >= 0.3 is 0 Å². The van der Waals surface area contributed by atoms with Gasteiger partial charge in [0, 0.05) is 12.9 Å². The molecule has 0 spiro atoms. The van der Waals surface area contributed by atoms with Gasteiger partial charge in [-0.15, -0.1) is 0 Å². The van der Waals surface area contributed by atoms with Gasteiger partial charge in [0.15, 0.2) is 0 Å². The molecular weight excluding hydrogens is 196 g/mol.